The molecule has 116 valence electrons. The molecule has 0 amide bonds. The molecule has 1 fully saturated rings. The number of aliphatic carboxylic acids is 2. The first-order valence-corrected chi connectivity index (χ1v) is 5.91. The Morgan fingerprint density at radius 3 is 1.95 bits per heavy atom. The van der Waals surface area contributed by atoms with E-state index in [2.05, 4.69) is 10.1 Å². The topological polar surface area (TPSA) is 153 Å². The van der Waals surface area contributed by atoms with Gasteiger partial charge in [-0.1, -0.05) is 0 Å². The van der Waals surface area contributed by atoms with Crippen molar-refractivity contribution in [2.24, 2.45) is 5.92 Å². The molecule has 0 aliphatic carbocycles. The lowest BCUT2D eigenvalue weighted by molar-refractivity contribution is -0.165. The van der Waals surface area contributed by atoms with Crippen LogP contribution in [0.15, 0.2) is 0 Å². The molecule has 20 heavy (non-hydrogen) atoms. The number of hydrogen-bond donors (Lipinski definition) is 5. The van der Waals surface area contributed by atoms with Gasteiger partial charge in [-0.2, -0.15) is 0 Å². The number of methoxy groups -OCH3 is 1. The number of rotatable bonds is 4. The number of aliphatic hydroxyl groups is 2. The maximum Gasteiger partial charge on any atom is 0.335 e. The summed E-state index contributed by atoms with van der Waals surface area (Å²) in [6, 6.07) is 0. The average Bonchev–Trinajstić information content (AvgIpc) is 2.46. The summed E-state index contributed by atoms with van der Waals surface area (Å²) in [5, 5.41) is 35.7. The summed E-state index contributed by atoms with van der Waals surface area (Å²) in [4.78, 5) is 30.4. The fourth-order valence-electron chi connectivity index (χ4n) is 1.49. The second-order valence-corrected chi connectivity index (χ2v) is 4.13. The summed E-state index contributed by atoms with van der Waals surface area (Å²) in [6.07, 6.45) is -2.48. The largest absolute Gasteiger partial charge is 0.479 e. The van der Waals surface area contributed by atoms with Crippen LogP contribution in [0.25, 0.3) is 0 Å². The van der Waals surface area contributed by atoms with Gasteiger partial charge in [0.1, 0.15) is 0 Å². The molecule has 9 nitrogen and oxygen atoms in total. The minimum absolute atomic E-state index is 0.0767. The Balaban J connectivity index is 0.000000361. The predicted octanol–water partition coefficient (Wildman–Crippen LogP) is -1.96. The average molecular weight is 293 g/mol. The van der Waals surface area contributed by atoms with E-state index >= 15 is 0 Å². The van der Waals surface area contributed by atoms with Gasteiger partial charge in [0.2, 0.25) is 0 Å². The molecule has 1 aliphatic rings. The Bertz CT molecular complexity index is 321. The fraction of sp³-hybridized carbons (Fsp3) is 0.727. The quantitative estimate of drug-likeness (QED) is 0.371. The van der Waals surface area contributed by atoms with Gasteiger partial charge in [-0.3, -0.25) is 4.79 Å². The van der Waals surface area contributed by atoms with Crippen molar-refractivity contribution in [1.29, 1.82) is 0 Å². The molecule has 5 N–H and O–H groups in total. The molecular weight excluding hydrogens is 274 g/mol. The Hall–Kier alpha value is -1.71. The van der Waals surface area contributed by atoms with E-state index in [-0.39, 0.29) is 11.9 Å². The maximum atomic E-state index is 10.9. The van der Waals surface area contributed by atoms with Gasteiger partial charge < -0.3 is 30.5 Å². The highest BCUT2D eigenvalue weighted by molar-refractivity contribution is 5.83. The van der Waals surface area contributed by atoms with Gasteiger partial charge in [0, 0.05) is 6.54 Å². The number of carboxylic acids is 2. The van der Waals surface area contributed by atoms with E-state index in [1.165, 1.54) is 7.11 Å². The molecule has 0 unspecified atom stereocenters. The van der Waals surface area contributed by atoms with Gasteiger partial charge in [-0.15, -0.1) is 0 Å². The highest BCUT2D eigenvalue weighted by Gasteiger charge is 2.29. The van der Waals surface area contributed by atoms with Gasteiger partial charge in [0.05, 0.1) is 13.0 Å². The first-order valence-electron chi connectivity index (χ1n) is 5.91. The minimum atomic E-state index is -2.27. The highest BCUT2D eigenvalue weighted by atomic mass is 16.5. The van der Waals surface area contributed by atoms with E-state index in [1.54, 1.807) is 0 Å². The number of nitrogens with one attached hydrogen (secondary N) is 1. The van der Waals surface area contributed by atoms with Crippen molar-refractivity contribution < 1.29 is 39.5 Å². The van der Waals surface area contributed by atoms with Crippen LogP contribution in [0.1, 0.15) is 12.8 Å². The zero-order chi connectivity index (χ0) is 15.7. The standard InChI is InChI=1S/C7H13NO2.C4H6O6/c1-10-7(9)6-3-2-4-8-5-6;5-1(3(7)8)2(6)4(9)10/h6,8H,2-5H2,1H3;1-2,5-6H,(H,7,8)(H,9,10)/t6-;1-,2-/m11/s1. The van der Waals surface area contributed by atoms with Crippen molar-refractivity contribution >= 4 is 17.9 Å². The molecule has 0 aromatic rings. The second kappa shape index (κ2) is 9.23. The third-order valence-electron chi connectivity index (χ3n) is 2.64. The van der Waals surface area contributed by atoms with Crippen LogP contribution >= 0.6 is 0 Å². The molecule has 1 saturated heterocycles. The van der Waals surface area contributed by atoms with Gasteiger partial charge in [0.25, 0.3) is 0 Å². The molecule has 9 heteroatoms. The molecule has 0 bridgehead atoms. The number of ether oxygens (including phenoxy) is 1. The number of hydrogen-bond acceptors (Lipinski definition) is 7. The third kappa shape index (κ3) is 6.45. The highest BCUT2D eigenvalue weighted by Crippen LogP contribution is 2.10. The number of esters is 1. The normalized spacial score (nSPS) is 20.9. The van der Waals surface area contributed by atoms with Crippen LogP contribution in [-0.4, -0.2) is 70.7 Å². The fourth-order valence-corrected chi connectivity index (χ4v) is 1.49. The van der Waals surface area contributed by atoms with Crippen LogP contribution in [0.3, 0.4) is 0 Å². The lowest BCUT2D eigenvalue weighted by atomic mass is 10.0. The van der Waals surface area contributed by atoms with Crippen LogP contribution in [0.2, 0.25) is 0 Å². The number of piperidine rings is 1. The van der Waals surface area contributed by atoms with Crippen molar-refractivity contribution in [3.63, 3.8) is 0 Å². The number of carbonyl (C=O) groups is 3. The number of carbonyl (C=O) groups excluding carboxylic acids is 1. The summed E-state index contributed by atoms with van der Waals surface area (Å²) >= 11 is 0. The molecule has 1 heterocycles. The van der Waals surface area contributed by atoms with Crippen molar-refractivity contribution in [2.45, 2.75) is 25.0 Å². The Morgan fingerprint density at radius 2 is 1.65 bits per heavy atom. The Labute approximate surface area is 115 Å². The van der Waals surface area contributed by atoms with E-state index in [1.807, 2.05) is 0 Å². The summed E-state index contributed by atoms with van der Waals surface area (Å²) in [6.45, 7) is 1.82. The van der Waals surface area contributed by atoms with Gasteiger partial charge in [-0.05, 0) is 19.4 Å². The lowest BCUT2D eigenvalue weighted by Gasteiger charge is -2.19. The van der Waals surface area contributed by atoms with Gasteiger partial charge in [-0.25, -0.2) is 9.59 Å². The third-order valence-corrected chi connectivity index (χ3v) is 2.64. The van der Waals surface area contributed by atoms with E-state index in [9.17, 15) is 14.4 Å². The number of carboxylic acid groups (broad SMARTS) is 2. The first-order chi connectivity index (χ1) is 9.31. The zero-order valence-corrected chi connectivity index (χ0v) is 11.0. The number of aliphatic hydroxyl groups excluding tert-OH is 2. The SMILES string of the molecule is COC(=O)[C@@H]1CCCNC1.O=C(O)[C@H](O)[C@@H](O)C(=O)O. The van der Waals surface area contributed by atoms with Crippen LogP contribution < -0.4 is 5.32 Å². The monoisotopic (exact) mass is 293 g/mol. The van der Waals surface area contributed by atoms with Gasteiger partial charge >= 0.3 is 17.9 Å². The smallest absolute Gasteiger partial charge is 0.335 e. The summed E-state index contributed by atoms with van der Waals surface area (Å²) < 4.78 is 4.61. The predicted molar refractivity (Wildman–Crippen MR) is 64.9 cm³/mol. The second-order valence-electron chi connectivity index (χ2n) is 4.13. The van der Waals surface area contributed by atoms with E-state index in [0.717, 1.165) is 25.9 Å². The van der Waals surface area contributed by atoms with E-state index in [4.69, 9.17) is 20.4 Å². The molecular formula is C11H19NO8. The van der Waals surface area contributed by atoms with E-state index < -0.39 is 24.1 Å². The zero-order valence-electron chi connectivity index (χ0n) is 11.0. The molecule has 1 aliphatic heterocycles. The molecule has 0 radical (unpaired) electrons. The summed E-state index contributed by atoms with van der Waals surface area (Å²) in [5.74, 6) is -3.52. The molecule has 0 spiro atoms. The first kappa shape index (κ1) is 18.3. The van der Waals surface area contributed by atoms with Crippen LogP contribution in [0.4, 0.5) is 0 Å². The molecule has 0 aromatic carbocycles. The van der Waals surface area contributed by atoms with Gasteiger partial charge in [0.15, 0.2) is 12.2 Å². The minimum Gasteiger partial charge on any atom is -0.479 e. The Kier molecular flexibility index (Phi) is 8.45. The van der Waals surface area contributed by atoms with E-state index in [0.29, 0.717) is 0 Å². The maximum absolute atomic E-state index is 10.9. The van der Waals surface area contributed by atoms with Crippen molar-refractivity contribution in [2.75, 3.05) is 20.2 Å². The van der Waals surface area contributed by atoms with Crippen LogP contribution in [0.5, 0.6) is 0 Å². The molecule has 0 saturated carbocycles. The molecule has 1 rings (SSSR count). The summed E-state index contributed by atoms with van der Waals surface area (Å²) in [7, 11) is 1.44. The van der Waals surface area contributed by atoms with Crippen molar-refractivity contribution in [3.8, 4) is 0 Å². The molecule has 0 aromatic heterocycles. The summed E-state index contributed by atoms with van der Waals surface area (Å²) in [5.41, 5.74) is 0. The lowest BCUT2D eigenvalue weighted by Crippen LogP contribution is -2.39. The van der Waals surface area contributed by atoms with Crippen LogP contribution in [0, 0.1) is 5.92 Å². The van der Waals surface area contributed by atoms with Crippen LogP contribution in [-0.2, 0) is 19.1 Å². The molecule has 3 atom stereocenters. The Morgan fingerprint density at radius 1 is 1.15 bits per heavy atom. The van der Waals surface area contributed by atoms with Crippen molar-refractivity contribution in [3.05, 3.63) is 0 Å². The van der Waals surface area contributed by atoms with Crippen molar-refractivity contribution in [1.82, 2.24) is 5.32 Å².